The molecule has 1 atom stereocenters. The molecule has 1 saturated heterocycles. The topological polar surface area (TPSA) is 53.2 Å². The van der Waals surface area contributed by atoms with E-state index in [0.29, 0.717) is 28.0 Å². The standard InChI is InChI=1S/C20H17BrFNO2S2/c21-16-10-13(2-3-17(16)22)19(24)20(26-6-1-7-27-20)15-8-12-4-5-25-18(12)14(9-15)11-23/h2-3,8-10,19,24H,1,4-7H2. The minimum atomic E-state index is -0.836. The first-order chi connectivity index (χ1) is 13.0. The van der Waals surface area contributed by atoms with Gasteiger partial charge in [-0.25, -0.2) is 4.39 Å². The number of halogens is 2. The Morgan fingerprint density at radius 1 is 1.26 bits per heavy atom. The Morgan fingerprint density at radius 2 is 2.04 bits per heavy atom. The van der Waals surface area contributed by atoms with Gasteiger partial charge in [0.15, 0.2) is 0 Å². The molecule has 0 amide bonds. The summed E-state index contributed by atoms with van der Waals surface area (Å²) >= 11 is 6.61. The maximum Gasteiger partial charge on any atom is 0.140 e. The van der Waals surface area contributed by atoms with Crippen molar-refractivity contribution in [3.05, 3.63) is 62.9 Å². The maximum absolute atomic E-state index is 13.7. The predicted molar refractivity (Wildman–Crippen MR) is 111 cm³/mol. The van der Waals surface area contributed by atoms with Gasteiger partial charge in [-0.05, 0) is 74.8 Å². The summed E-state index contributed by atoms with van der Waals surface area (Å²) in [5.41, 5.74) is 3.10. The average Bonchev–Trinajstić information content (AvgIpc) is 3.18. The van der Waals surface area contributed by atoms with Gasteiger partial charge in [-0.2, -0.15) is 5.26 Å². The van der Waals surface area contributed by atoms with Gasteiger partial charge >= 0.3 is 0 Å². The van der Waals surface area contributed by atoms with Crippen molar-refractivity contribution >= 4 is 39.5 Å². The highest BCUT2D eigenvalue weighted by atomic mass is 79.9. The molecule has 0 aliphatic carbocycles. The van der Waals surface area contributed by atoms with E-state index >= 15 is 0 Å². The molecule has 0 aromatic heterocycles. The minimum absolute atomic E-state index is 0.333. The zero-order valence-electron chi connectivity index (χ0n) is 14.4. The van der Waals surface area contributed by atoms with E-state index in [0.717, 1.165) is 35.5 Å². The molecule has 0 saturated carbocycles. The van der Waals surface area contributed by atoms with Crippen molar-refractivity contribution in [3.8, 4) is 11.8 Å². The molecule has 140 valence electrons. The van der Waals surface area contributed by atoms with E-state index in [4.69, 9.17) is 4.74 Å². The number of hydrogen-bond acceptors (Lipinski definition) is 5. The van der Waals surface area contributed by atoms with Gasteiger partial charge in [-0.1, -0.05) is 6.07 Å². The summed E-state index contributed by atoms with van der Waals surface area (Å²) in [7, 11) is 0. The fourth-order valence-electron chi connectivity index (χ4n) is 3.52. The number of benzene rings is 2. The molecule has 1 unspecified atom stereocenters. The van der Waals surface area contributed by atoms with E-state index in [1.54, 1.807) is 35.7 Å². The van der Waals surface area contributed by atoms with Crippen molar-refractivity contribution in [2.75, 3.05) is 18.1 Å². The number of hydrogen-bond donors (Lipinski definition) is 1. The Balaban J connectivity index is 1.84. The van der Waals surface area contributed by atoms with Gasteiger partial charge < -0.3 is 9.84 Å². The molecule has 27 heavy (non-hydrogen) atoms. The van der Waals surface area contributed by atoms with Gasteiger partial charge in [0.05, 0.1) is 16.6 Å². The first kappa shape index (κ1) is 19.1. The normalized spacial score (nSPS) is 19.0. The molecule has 0 bridgehead atoms. The van der Waals surface area contributed by atoms with E-state index < -0.39 is 10.2 Å². The van der Waals surface area contributed by atoms with Gasteiger partial charge in [-0.3, -0.25) is 0 Å². The molecule has 2 aromatic carbocycles. The SMILES string of the molecule is N#Cc1cc(C2(C(O)c3ccc(F)c(Br)c3)SCCCS2)cc2c1OCC2. The minimum Gasteiger partial charge on any atom is -0.492 e. The molecule has 3 nitrogen and oxygen atoms in total. The Bertz CT molecular complexity index is 925. The fraction of sp³-hybridized carbons (Fsp3) is 0.350. The van der Waals surface area contributed by atoms with Crippen LogP contribution in [0, 0.1) is 17.1 Å². The third-order valence-electron chi connectivity index (χ3n) is 4.85. The highest BCUT2D eigenvalue weighted by Crippen LogP contribution is 2.58. The summed E-state index contributed by atoms with van der Waals surface area (Å²) in [6, 6.07) is 10.8. The van der Waals surface area contributed by atoms with Crippen LogP contribution < -0.4 is 4.74 Å². The van der Waals surface area contributed by atoms with Crippen LogP contribution in [0.5, 0.6) is 5.75 Å². The third kappa shape index (κ3) is 3.38. The fourth-order valence-corrected chi connectivity index (χ4v) is 7.28. The lowest BCUT2D eigenvalue weighted by Crippen LogP contribution is -2.31. The van der Waals surface area contributed by atoms with Crippen molar-refractivity contribution in [1.29, 1.82) is 5.26 Å². The monoisotopic (exact) mass is 465 g/mol. The second kappa shape index (κ2) is 7.67. The number of fused-ring (bicyclic) bond motifs is 1. The number of nitrogens with zero attached hydrogens (tertiary/aromatic N) is 1. The van der Waals surface area contributed by atoms with Crippen molar-refractivity contribution < 1.29 is 14.2 Å². The van der Waals surface area contributed by atoms with E-state index in [-0.39, 0.29) is 5.82 Å². The van der Waals surface area contributed by atoms with Crippen molar-refractivity contribution in [2.45, 2.75) is 23.0 Å². The second-order valence-corrected chi connectivity index (χ2v) is 10.3. The molecule has 2 aromatic rings. The van der Waals surface area contributed by atoms with Gasteiger partial charge in [0.1, 0.15) is 27.8 Å². The molecule has 2 aliphatic rings. The molecule has 1 N–H and O–H groups in total. The number of rotatable bonds is 3. The summed E-state index contributed by atoms with van der Waals surface area (Å²) in [6.45, 7) is 0.578. The zero-order chi connectivity index (χ0) is 19.0. The Labute approximate surface area is 174 Å². The summed E-state index contributed by atoms with van der Waals surface area (Å²) in [5.74, 6) is 2.15. The highest BCUT2D eigenvalue weighted by Gasteiger charge is 2.44. The molecule has 2 heterocycles. The van der Waals surface area contributed by atoms with Crippen molar-refractivity contribution in [2.24, 2.45) is 0 Å². The van der Waals surface area contributed by atoms with E-state index in [2.05, 4.69) is 28.1 Å². The number of aliphatic hydroxyl groups excluding tert-OH is 1. The predicted octanol–water partition coefficient (Wildman–Crippen LogP) is 5.15. The molecule has 0 radical (unpaired) electrons. The lowest BCUT2D eigenvalue weighted by molar-refractivity contribution is 0.163. The smallest absolute Gasteiger partial charge is 0.140 e. The molecular formula is C20H17BrFNO2S2. The first-order valence-corrected chi connectivity index (χ1v) is 11.4. The molecule has 4 rings (SSSR count). The Morgan fingerprint density at radius 3 is 2.74 bits per heavy atom. The summed E-state index contributed by atoms with van der Waals surface area (Å²) in [4.78, 5) is 0. The Kier molecular flexibility index (Phi) is 5.43. The van der Waals surface area contributed by atoms with Crippen molar-refractivity contribution in [1.82, 2.24) is 0 Å². The quantitative estimate of drug-likeness (QED) is 0.678. The number of nitriles is 1. The van der Waals surface area contributed by atoms with Gasteiger partial charge in [-0.15, -0.1) is 23.5 Å². The molecule has 1 fully saturated rings. The molecule has 7 heteroatoms. The third-order valence-corrected chi connectivity index (χ3v) is 8.92. The second-order valence-electron chi connectivity index (χ2n) is 6.52. The largest absolute Gasteiger partial charge is 0.492 e. The number of aliphatic hydroxyl groups is 1. The highest BCUT2D eigenvalue weighted by molar-refractivity contribution is 9.10. The lowest BCUT2D eigenvalue weighted by atomic mass is 9.96. The Hall–Kier alpha value is -1.20. The van der Waals surface area contributed by atoms with Crippen LogP contribution in [0.25, 0.3) is 0 Å². The van der Waals surface area contributed by atoms with E-state index in [1.165, 1.54) is 6.07 Å². The van der Waals surface area contributed by atoms with Gasteiger partial charge in [0.25, 0.3) is 0 Å². The van der Waals surface area contributed by atoms with Crippen LogP contribution in [-0.4, -0.2) is 23.2 Å². The van der Waals surface area contributed by atoms with E-state index in [9.17, 15) is 14.8 Å². The molecular weight excluding hydrogens is 449 g/mol. The lowest BCUT2D eigenvalue weighted by Gasteiger charge is -2.40. The van der Waals surface area contributed by atoms with Crippen LogP contribution >= 0.6 is 39.5 Å². The average molecular weight is 466 g/mol. The number of ether oxygens (including phenoxy) is 1. The van der Waals surface area contributed by atoms with Crippen LogP contribution in [0.4, 0.5) is 4.39 Å². The van der Waals surface area contributed by atoms with Crippen LogP contribution in [0.3, 0.4) is 0 Å². The molecule has 0 spiro atoms. The van der Waals surface area contributed by atoms with Crippen LogP contribution in [0.1, 0.15) is 34.8 Å². The van der Waals surface area contributed by atoms with E-state index in [1.807, 2.05) is 6.07 Å². The van der Waals surface area contributed by atoms with Crippen LogP contribution in [0.15, 0.2) is 34.8 Å². The summed E-state index contributed by atoms with van der Waals surface area (Å²) in [6.07, 6.45) is 0.994. The summed E-state index contributed by atoms with van der Waals surface area (Å²) < 4.78 is 19.0. The maximum atomic E-state index is 13.7. The first-order valence-electron chi connectivity index (χ1n) is 8.66. The van der Waals surface area contributed by atoms with Crippen LogP contribution in [0.2, 0.25) is 0 Å². The van der Waals surface area contributed by atoms with Gasteiger partial charge in [0, 0.05) is 6.42 Å². The molecule has 2 aliphatic heterocycles. The zero-order valence-corrected chi connectivity index (χ0v) is 17.6. The summed E-state index contributed by atoms with van der Waals surface area (Å²) in [5, 5.41) is 21.0. The van der Waals surface area contributed by atoms with Crippen molar-refractivity contribution in [3.63, 3.8) is 0 Å². The number of thioether (sulfide) groups is 2. The van der Waals surface area contributed by atoms with Crippen LogP contribution in [-0.2, 0) is 10.5 Å². The van der Waals surface area contributed by atoms with Gasteiger partial charge in [0.2, 0.25) is 0 Å².